The Balaban J connectivity index is 1.44. The van der Waals surface area contributed by atoms with Gasteiger partial charge in [-0.05, 0) is 70.7 Å². The van der Waals surface area contributed by atoms with Crippen molar-refractivity contribution in [2.45, 2.75) is 71.3 Å². The number of carbonyl (C=O) groups is 1. The van der Waals surface area contributed by atoms with Crippen molar-refractivity contribution in [1.29, 1.82) is 0 Å². The second kappa shape index (κ2) is 9.55. The number of halogens is 1. The van der Waals surface area contributed by atoms with Gasteiger partial charge in [-0.1, -0.05) is 0 Å². The zero-order chi connectivity index (χ0) is 26.5. The van der Waals surface area contributed by atoms with Crippen molar-refractivity contribution in [2.75, 3.05) is 31.1 Å². The lowest BCUT2D eigenvalue weighted by atomic mass is 9.85. The first-order valence-electron chi connectivity index (χ1n) is 12.9. The minimum Gasteiger partial charge on any atom is -0.444 e. The van der Waals surface area contributed by atoms with Crippen molar-refractivity contribution >= 4 is 22.8 Å². The molecule has 1 aromatic carbocycles. The predicted molar refractivity (Wildman–Crippen MR) is 139 cm³/mol. The zero-order valence-electron chi connectivity index (χ0n) is 22.1. The summed E-state index contributed by atoms with van der Waals surface area (Å²) in [4.78, 5) is 25.2. The van der Waals surface area contributed by atoms with Gasteiger partial charge in [-0.15, -0.1) is 0 Å². The Bertz CT molecular complexity index is 1320. The SMILES string of the molecule is Cc1nc(N2CC[C@@H](O)C2)cc(-n2ncc3cc(C)c([C@H]4CCN(C(=O)OC(C)(C)C)C[C@H]4F)cc32)n1. The smallest absolute Gasteiger partial charge is 0.410 e. The van der Waals surface area contributed by atoms with E-state index in [1.165, 1.54) is 4.90 Å². The number of anilines is 1. The minimum absolute atomic E-state index is 0.00642. The predicted octanol–water partition coefficient (Wildman–Crippen LogP) is 4.07. The van der Waals surface area contributed by atoms with Crippen LogP contribution in [-0.4, -0.2) is 79.9 Å². The summed E-state index contributed by atoms with van der Waals surface area (Å²) in [5, 5.41) is 15.5. The summed E-state index contributed by atoms with van der Waals surface area (Å²) >= 11 is 0. The molecule has 1 N–H and O–H groups in total. The lowest BCUT2D eigenvalue weighted by Gasteiger charge is -2.36. The summed E-state index contributed by atoms with van der Waals surface area (Å²) in [6, 6.07) is 5.93. The number of carbonyl (C=O) groups excluding carboxylic acids is 1. The van der Waals surface area contributed by atoms with Crippen LogP contribution in [0.25, 0.3) is 16.7 Å². The molecule has 2 aliphatic rings. The van der Waals surface area contributed by atoms with Gasteiger partial charge in [-0.3, -0.25) is 0 Å². The molecule has 0 radical (unpaired) electrons. The van der Waals surface area contributed by atoms with E-state index in [1.54, 1.807) is 10.9 Å². The molecule has 2 aliphatic heterocycles. The summed E-state index contributed by atoms with van der Waals surface area (Å²) in [6.45, 7) is 11.0. The van der Waals surface area contributed by atoms with E-state index in [0.29, 0.717) is 37.6 Å². The first-order chi connectivity index (χ1) is 17.5. The van der Waals surface area contributed by atoms with Crippen LogP contribution in [0.15, 0.2) is 24.4 Å². The van der Waals surface area contributed by atoms with Gasteiger partial charge < -0.3 is 19.6 Å². The van der Waals surface area contributed by atoms with E-state index >= 15 is 4.39 Å². The molecule has 2 aromatic heterocycles. The Morgan fingerprint density at radius 2 is 1.84 bits per heavy atom. The molecule has 9 nitrogen and oxygen atoms in total. The number of piperidine rings is 1. The largest absolute Gasteiger partial charge is 0.444 e. The fraction of sp³-hybridized carbons (Fsp3) is 0.556. The van der Waals surface area contributed by atoms with E-state index in [4.69, 9.17) is 4.74 Å². The van der Waals surface area contributed by atoms with Gasteiger partial charge in [0.15, 0.2) is 5.82 Å². The number of rotatable bonds is 3. The highest BCUT2D eigenvalue weighted by Gasteiger charge is 2.35. The maximum atomic E-state index is 15.5. The van der Waals surface area contributed by atoms with Gasteiger partial charge in [0.1, 0.15) is 23.4 Å². The van der Waals surface area contributed by atoms with Crippen molar-refractivity contribution in [2.24, 2.45) is 0 Å². The molecule has 0 spiro atoms. The average molecular weight is 511 g/mol. The van der Waals surface area contributed by atoms with E-state index in [-0.39, 0.29) is 18.6 Å². The number of aliphatic hydroxyl groups is 1. The molecule has 0 bridgehead atoms. The fourth-order valence-corrected chi connectivity index (χ4v) is 5.29. The molecule has 0 saturated carbocycles. The number of alkyl halides is 1. The number of β-amino-alcohol motifs (C(OH)–C–C–N with tert-alkyl or cyclic N) is 1. The molecule has 4 heterocycles. The Labute approximate surface area is 216 Å². The van der Waals surface area contributed by atoms with E-state index in [2.05, 4.69) is 20.0 Å². The number of aromatic nitrogens is 4. The minimum atomic E-state index is -1.21. The molecule has 10 heteroatoms. The third kappa shape index (κ3) is 5.25. The Kier molecular flexibility index (Phi) is 6.55. The highest BCUT2D eigenvalue weighted by Crippen LogP contribution is 2.35. The number of hydrogen-bond acceptors (Lipinski definition) is 7. The van der Waals surface area contributed by atoms with E-state index < -0.39 is 17.9 Å². The molecule has 3 atom stereocenters. The van der Waals surface area contributed by atoms with Gasteiger partial charge >= 0.3 is 6.09 Å². The summed E-state index contributed by atoms with van der Waals surface area (Å²) in [7, 11) is 0. The summed E-state index contributed by atoms with van der Waals surface area (Å²) in [5.41, 5.74) is 2.14. The first-order valence-corrected chi connectivity index (χ1v) is 12.9. The van der Waals surface area contributed by atoms with Gasteiger partial charge in [0.05, 0.1) is 24.4 Å². The number of aliphatic hydroxyl groups excluding tert-OH is 1. The number of hydrogen-bond donors (Lipinski definition) is 1. The number of fused-ring (bicyclic) bond motifs is 1. The summed E-state index contributed by atoms with van der Waals surface area (Å²) in [5.74, 6) is 1.67. The van der Waals surface area contributed by atoms with E-state index in [9.17, 15) is 9.90 Å². The third-order valence-electron chi connectivity index (χ3n) is 7.06. The molecule has 5 rings (SSSR count). The first kappa shape index (κ1) is 25.4. The molecule has 1 amide bonds. The van der Waals surface area contributed by atoms with Crippen LogP contribution in [0, 0.1) is 13.8 Å². The summed E-state index contributed by atoms with van der Waals surface area (Å²) < 4.78 is 22.7. The quantitative estimate of drug-likeness (QED) is 0.567. The van der Waals surface area contributed by atoms with Gasteiger partial charge in [0.2, 0.25) is 0 Å². The van der Waals surface area contributed by atoms with Crippen LogP contribution >= 0.6 is 0 Å². The van der Waals surface area contributed by atoms with Gasteiger partial charge in [-0.2, -0.15) is 5.10 Å². The molecule has 37 heavy (non-hydrogen) atoms. The fourth-order valence-electron chi connectivity index (χ4n) is 5.29. The van der Waals surface area contributed by atoms with Crippen LogP contribution in [0.5, 0.6) is 0 Å². The Morgan fingerprint density at radius 1 is 1.08 bits per heavy atom. The van der Waals surface area contributed by atoms with Crippen LogP contribution in [-0.2, 0) is 4.74 Å². The normalized spacial score (nSPS) is 22.6. The third-order valence-corrected chi connectivity index (χ3v) is 7.06. The van der Waals surface area contributed by atoms with Crippen LogP contribution in [0.3, 0.4) is 0 Å². The van der Waals surface area contributed by atoms with Gasteiger partial charge in [0, 0.05) is 37.0 Å². The lowest BCUT2D eigenvalue weighted by molar-refractivity contribution is 0.0111. The number of likely N-dealkylation sites (tertiary alicyclic amines) is 1. The maximum absolute atomic E-state index is 15.5. The number of amides is 1. The van der Waals surface area contributed by atoms with Crippen molar-refractivity contribution in [3.05, 3.63) is 41.3 Å². The van der Waals surface area contributed by atoms with Crippen LogP contribution in [0.2, 0.25) is 0 Å². The molecular formula is C27H35FN6O3. The standard InChI is InChI=1S/C27H35FN6O3/c1-16-10-18-13-29-34(25-12-24(30-17(2)31-25)32-8-6-19(35)14-32)23(18)11-21(16)20-7-9-33(15-22(20)28)26(36)37-27(3,4)5/h10-13,19-20,22,35H,6-9,14-15H2,1-5H3/t19-,20-,22-/m1/s1. The van der Waals surface area contributed by atoms with Crippen LogP contribution < -0.4 is 4.90 Å². The molecule has 3 aromatic rings. The average Bonchev–Trinajstić information content (AvgIpc) is 3.43. The molecule has 2 fully saturated rings. The Morgan fingerprint density at radius 3 is 2.51 bits per heavy atom. The van der Waals surface area contributed by atoms with Gasteiger partial charge in [0.25, 0.3) is 0 Å². The van der Waals surface area contributed by atoms with Crippen molar-refractivity contribution in [3.63, 3.8) is 0 Å². The topological polar surface area (TPSA) is 96.6 Å². The van der Waals surface area contributed by atoms with Crippen molar-refractivity contribution in [3.8, 4) is 5.82 Å². The van der Waals surface area contributed by atoms with Crippen LogP contribution in [0.1, 0.15) is 56.5 Å². The van der Waals surface area contributed by atoms with Crippen LogP contribution in [0.4, 0.5) is 15.0 Å². The van der Waals surface area contributed by atoms with E-state index in [1.807, 2.05) is 52.8 Å². The number of benzene rings is 1. The molecule has 198 valence electrons. The molecule has 0 unspecified atom stereocenters. The summed E-state index contributed by atoms with van der Waals surface area (Å²) in [6.07, 6.45) is 0.978. The number of nitrogens with zero attached hydrogens (tertiary/aromatic N) is 6. The molecule has 0 aliphatic carbocycles. The van der Waals surface area contributed by atoms with Crippen molar-refractivity contribution < 1.29 is 19.0 Å². The van der Waals surface area contributed by atoms with E-state index in [0.717, 1.165) is 34.4 Å². The zero-order valence-corrected chi connectivity index (χ0v) is 22.1. The highest BCUT2D eigenvalue weighted by atomic mass is 19.1. The van der Waals surface area contributed by atoms with Crippen molar-refractivity contribution in [1.82, 2.24) is 24.6 Å². The lowest BCUT2D eigenvalue weighted by Crippen LogP contribution is -2.46. The second-order valence-corrected chi connectivity index (χ2v) is 11.2. The Hall–Kier alpha value is -3.27. The maximum Gasteiger partial charge on any atom is 0.410 e. The molecular weight excluding hydrogens is 475 g/mol. The number of ether oxygens (including phenoxy) is 1. The highest BCUT2D eigenvalue weighted by molar-refractivity contribution is 5.82. The molecule has 2 saturated heterocycles. The second-order valence-electron chi connectivity index (χ2n) is 11.2. The monoisotopic (exact) mass is 510 g/mol. The number of aryl methyl sites for hydroxylation is 2. The van der Waals surface area contributed by atoms with Gasteiger partial charge in [-0.25, -0.2) is 23.8 Å².